The average Bonchev–Trinajstić information content (AvgIpc) is 2.66. The van der Waals surface area contributed by atoms with Gasteiger partial charge in [-0.1, -0.05) is 30.3 Å². The Hall–Kier alpha value is -2.76. The Labute approximate surface area is 147 Å². The van der Waals surface area contributed by atoms with Crippen molar-refractivity contribution in [3.8, 4) is 0 Å². The molecule has 1 aromatic heterocycles. The predicted molar refractivity (Wildman–Crippen MR) is 99.3 cm³/mol. The van der Waals surface area contributed by atoms with Gasteiger partial charge in [-0.05, 0) is 30.9 Å². The largest absolute Gasteiger partial charge is 0.393 e. The number of pyridine rings is 1. The summed E-state index contributed by atoms with van der Waals surface area (Å²) < 4.78 is 1.39. The van der Waals surface area contributed by atoms with E-state index in [0.29, 0.717) is 12.2 Å². The summed E-state index contributed by atoms with van der Waals surface area (Å²) in [6.07, 6.45) is 4.86. The molecular weight excluding hydrogens is 316 g/mol. The lowest BCUT2D eigenvalue weighted by Gasteiger charge is -2.27. The molecule has 6 heteroatoms. The van der Waals surface area contributed by atoms with E-state index in [0.717, 1.165) is 31.5 Å². The summed E-state index contributed by atoms with van der Waals surface area (Å²) in [6, 6.07) is 11.6. The summed E-state index contributed by atoms with van der Waals surface area (Å²) in [7, 11) is 0. The molecule has 2 heterocycles. The number of nitrogens with zero attached hydrogens (tertiary/aromatic N) is 2. The molecule has 0 aliphatic carbocycles. The van der Waals surface area contributed by atoms with Gasteiger partial charge in [0.2, 0.25) is 5.91 Å². The number of nitrogen functional groups attached to an aromatic ring is 1. The van der Waals surface area contributed by atoms with Gasteiger partial charge >= 0.3 is 0 Å². The second-order valence-corrected chi connectivity index (χ2v) is 6.36. The number of carbonyl (C=O) groups excluding carboxylic acids is 1. The maximum atomic E-state index is 12.4. The monoisotopic (exact) mass is 340 g/mol. The Morgan fingerprint density at radius 2 is 1.80 bits per heavy atom. The SMILES string of the molecule is Nc1c(NCc2ccccc2)ccn(CC(=O)N2CCCCC2)c1=O. The summed E-state index contributed by atoms with van der Waals surface area (Å²) in [5, 5.41) is 3.18. The number of nitrogens with two attached hydrogens (primary N) is 1. The number of nitrogens with one attached hydrogen (secondary N) is 1. The number of amides is 1. The highest BCUT2D eigenvalue weighted by Gasteiger charge is 2.18. The smallest absolute Gasteiger partial charge is 0.276 e. The van der Waals surface area contributed by atoms with E-state index in [9.17, 15) is 9.59 Å². The molecular formula is C19H24N4O2. The first-order valence-electron chi connectivity index (χ1n) is 8.69. The van der Waals surface area contributed by atoms with E-state index in [1.165, 1.54) is 11.0 Å². The molecule has 1 aliphatic heterocycles. The molecule has 0 spiro atoms. The van der Waals surface area contributed by atoms with Gasteiger partial charge in [-0.2, -0.15) is 0 Å². The maximum absolute atomic E-state index is 12.4. The quantitative estimate of drug-likeness (QED) is 0.873. The third kappa shape index (κ3) is 4.21. The number of carbonyl (C=O) groups is 1. The molecule has 25 heavy (non-hydrogen) atoms. The van der Waals surface area contributed by atoms with Crippen LogP contribution in [0.5, 0.6) is 0 Å². The van der Waals surface area contributed by atoms with Crippen molar-refractivity contribution in [2.24, 2.45) is 0 Å². The van der Waals surface area contributed by atoms with Crippen LogP contribution in [-0.2, 0) is 17.9 Å². The second-order valence-electron chi connectivity index (χ2n) is 6.36. The molecule has 1 fully saturated rings. The second kappa shape index (κ2) is 7.88. The fraction of sp³-hybridized carbons (Fsp3) is 0.368. The topological polar surface area (TPSA) is 80.4 Å². The third-order valence-corrected chi connectivity index (χ3v) is 4.54. The van der Waals surface area contributed by atoms with Crippen molar-refractivity contribution < 1.29 is 4.79 Å². The Bertz CT molecular complexity index is 780. The van der Waals surface area contributed by atoms with E-state index in [4.69, 9.17) is 5.73 Å². The van der Waals surface area contributed by atoms with Crippen LogP contribution >= 0.6 is 0 Å². The molecule has 0 unspecified atom stereocenters. The standard InChI is InChI=1S/C19H24N4O2/c20-18-16(21-13-15-7-3-1-4-8-15)9-12-23(19(18)25)14-17(24)22-10-5-2-6-11-22/h1,3-4,7-9,12,21H,2,5-6,10-11,13-14,20H2. The van der Waals surface area contributed by atoms with Crippen molar-refractivity contribution in [2.75, 3.05) is 24.1 Å². The first kappa shape index (κ1) is 17.1. The fourth-order valence-electron chi connectivity index (χ4n) is 3.05. The zero-order chi connectivity index (χ0) is 17.6. The first-order chi connectivity index (χ1) is 12.1. The van der Waals surface area contributed by atoms with E-state index in [1.807, 2.05) is 35.2 Å². The molecule has 1 aromatic carbocycles. The molecule has 3 rings (SSSR count). The Kier molecular flexibility index (Phi) is 5.38. The Balaban J connectivity index is 1.67. The summed E-state index contributed by atoms with van der Waals surface area (Å²) in [4.78, 5) is 26.6. The minimum absolute atomic E-state index is 0.0220. The van der Waals surface area contributed by atoms with Gasteiger partial charge in [0.1, 0.15) is 12.2 Å². The summed E-state index contributed by atoms with van der Waals surface area (Å²) in [6.45, 7) is 2.18. The van der Waals surface area contributed by atoms with Crippen LogP contribution < -0.4 is 16.6 Å². The molecule has 0 radical (unpaired) electrons. The normalized spacial score (nSPS) is 14.3. The van der Waals surface area contributed by atoms with Crippen molar-refractivity contribution in [2.45, 2.75) is 32.4 Å². The molecule has 2 aromatic rings. The molecule has 6 nitrogen and oxygen atoms in total. The molecule has 0 atom stereocenters. The van der Waals surface area contributed by atoms with Crippen molar-refractivity contribution >= 4 is 17.3 Å². The van der Waals surface area contributed by atoms with Gasteiger partial charge in [-0.15, -0.1) is 0 Å². The highest BCUT2D eigenvalue weighted by molar-refractivity contribution is 5.76. The van der Waals surface area contributed by atoms with Crippen molar-refractivity contribution in [3.63, 3.8) is 0 Å². The summed E-state index contributed by atoms with van der Waals surface area (Å²) >= 11 is 0. The zero-order valence-corrected chi connectivity index (χ0v) is 14.3. The molecule has 0 bridgehead atoms. The maximum Gasteiger partial charge on any atom is 0.276 e. The number of piperidine rings is 1. The minimum Gasteiger partial charge on any atom is -0.393 e. The van der Waals surface area contributed by atoms with E-state index in [2.05, 4.69) is 5.32 Å². The summed E-state index contributed by atoms with van der Waals surface area (Å²) in [5.41, 5.74) is 7.49. The van der Waals surface area contributed by atoms with E-state index >= 15 is 0 Å². The van der Waals surface area contributed by atoms with Crippen LogP contribution in [0.25, 0.3) is 0 Å². The van der Waals surface area contributed by atoms with E-state index in [-0.39, 0.29) is 23.7 Å². The van der Waals surface area contributed by atoms with Crippen LogP contribution in [0.15, 0.2) is 47.4 Å². The van der Waals surface area contributed by atoms with Crippen molar-refractivity contribution in [3.05, 3.63) is 58.5 Å². The molecule has 1 saturated heterocycles. The van der Waals surface area contributed by atoms with Gasteiger partial charge < -0.3 is 20.5 Å². The number of hydrogen-bond acceptors (Lipinski definition) is 4. The number of rotatable bonds is 5. The lowest BCUT2D eigenvalue weighted by molar-refractivity contribution is -0.132. The van der Waals surface area contributed by atoms with E-state index < -0.39 is 0 Å². The number of anilines is 2. The third-order valence-electron chi connectivity index (χ3n) is 4.54. The molecule has 0 saturated carbocycles. The van der Waals surface area contributed by atoms with Crippen LogP contribution in [0.1, 0.15) is 24.8 Å². The van der Waals surface area contributed by atoms with Crippen LogP contribution in [-0.4, -0.2) is 28.5 Å². The van der Waals surface area contributed by atoms with Gasteiger partial charge in [0.15, 0.2) is 0 Å². The van der Waals surface area contributed by atoms with Crippen LogP contribution in [0.2, 0.25) is 0 Å². The van der Waals surface area contributed by atoms with Crippen molar-refractivity contribution in [1.82, 2.24) is 9.47 Å². The molecule has 1 aliphatic rings. The Morgan fingerprint density at radius 3 is 2.52 bits per heavy atom. The van der Waals surface area contributed by atoms with Gasteiger partial charge in [-0.3, -0.25) is 9.59 Å². The predicted octanol–water partition coefficient (Wildman–Crippen LogP) is 2.06. The van der Waals surface area contributed by atoms with Crippen LogP contribution in [0.3, 0.4) is 0 Å². The molecule has 132 valence electrons. The molecule has 3 N–H and O–H groups in total. The van der Waals surface area contributed by atoms with Gasteiger partial charge in [0, 0.05) is 25.8 Å². The lowest BCUT2D eigenvalue weighted by Crippen LogP contribution is -2.39. The highest BCUT2D eigenvalue weighted by Crippen LogP contribution is 2.15. The van der Waals surface area contributed by atoms with Crippen molar-refractivity contribution in [1.29, 1.82) is 0 Å². The first-order valence-corrected chi connectivity index (χ1v) is 8.69. The summed E-state index contributed by atoms with van der Waals surface area (Å²) in [5.74, 6) is -0.0220. The van der Waals surface area contributed by atoms with Crippen LogP contribution in [0, 0.1) is 0 Å². The minimum atomic E-state index is -0.330. The number of likely N-dealkylation sites (tertiary alicyclic amines) is 1. The van der Waals surface area contributed by atoms with E-state index in [1.54, 1.807) is 12.3 Å². The molecule has 1 amide bonds. The Morgan fingerprint density at radius 1 is 1.08 bits per heavy atom. The van der Waals surface area contributed by atoms with Gasteiger partial charge in [-0.25, -0.2) is 0 Å². The number of hydrogen-bond donors (Lipinski definition) is 2. The highest BCUT2D eigenvalue weighted by atomic mass is 16.2. The zero-order valence-electron chi connectivity index (χ0n) is 14.3. The number of benzene rings is 1. The van der Waals surface area contributed by atoms with Gasteiger partial charge in [0.05, 0.1) is 5.69 Å². The van der Waals surface area contributed by atoms with Crippen LogP contribution in [0.4, 0.5) is 11.4 Å². The fourth-order valence-corrected chi connectivity index (χ4v) is 3.05. The van der Waals surface area contributed by atoms with Gasteiger partial charge in [0.25, 0.3) is 5.56 Å². The average molecular weight is 340 g/mol. The lowest BCUT2D eigenvalue weighted by atomic mass is 10.1. The number of aromatic nitrogens is 1.